The maximum atomic E-state index is 12.0. The molecule has 2 aliphatic rings. The monoisotopic (exact) mass is 256 g/mol. The van der Waals surface area contributed by atoms with Gasteiger partial charge in [0.15, 0.2) is 0 Å². The number of piperidine rings is 1. The van der Waals surface area contributed by atoms with Gasteiger partial charge in [0.1, 0.15) is 0 Å². The van der Waals surface area contributed by atoms with Crippen LogP contribution in [0, 0.1) is 0 Å². The Morgan fingerprint density at radius 3 is 2.89 bits per heavy atom. The van der Waals surface area contributed by atoms with Gasteiger partial charge in [0.2, 0.25) is 5.91 Å². The fourth-order valence-electron chi connectivity index (χ4n) is 2.43. The molecule has 18 heavy (non-hydrogen) atoms. The standard InChI is InChI=1S/C12H24N4O2/c1-16-5-2-12(13,3-6-16)15-11(17)8-10-9-14-4-7-18-10/h10,14H,2-9,13H2,1H3,(H,15,17). The molecule has 0 aliphatic carbocycles. The van der Waals surface area contributed by atoms with Crippen molar-refractivity contribution in [2.75, 3.05) is 39.8 Å². The van der Waals surface area contributed by atoms with Gasteiger partial charge in [-0.2, -0.15) is 0 Å². The van der Waals surface area contributed by atoms with Crippen LogP contribution in [0.5, 0.6) is 0 Å². The third-order valence-corrected chi connectivity index (χ3v) is 3.69. The molecule has 2 fully saturated rings. The van der Waals surface area contributed by atoms with Crippen molar-refractivity contribution in [3.63, 3.8) is 0 Å². The number of nitrogens with one attached hydrogen (secondary N) is 2. The fourth-order valence-corrected chi connectivity index (χ4v) is 2.43. The molecule has 0 spiro atoms. The third-order valence-electron chi connectivity index (χ3n) is 3.69. The van der Waals surface area contributed by atoms with Crippen LogP contribution in [-0.2, 0) is 9.53 Å². The minimum absolute atomic E-state index is 0.00393. The van der Waals surface area contributed by atoms with Gasteiger partial charge in [-0.25, -0.2) is 0 Å². The van der Waals surface area contributed by atoms with Crippen LogP contribution in [0.1, 0.15) is 19.3 Å². The summed E-state index contributed by atoms with van der Waals surface area (Å²) in [7, 11) is 2.07. The van der Waals surface area contributed by atoms with Gasteiger partial charge >= 0.3 is 0 Å². The summed E-state index contributed by atoms with van der Waals surface area (Å²) in [6.45, 7) is 4.14. The lowest BCUT2D eigenvalue weighted by Gasteiger charge is -2.38. The van der Waals surface area contributed by atoms with Gasteiger partial charge in [0.05, 0.1) is 24.8 Å². The molecule has 1 atom stereocenters. The summed E-state index contributed by atoms with van der Waals surface area (Å²) >= 11 is 0. The first-order chi connectivity index (χ1) is 8.57. The van der Waals surface area contributed by atoms with Crippen molar-refractivity contribution < 1.29 is 9.53 Å². The number of nitrogens with zero attached hydrogens (tertiary/aromatic N) is 1. The van der Waals surface area contributed by atoms with Crippen LogP contribution in [-0.4, -0.2) is 62.4 Å². The van der Waals surface area contributed by atoms with E-state index in [0.29, 0.717) is 13.0 Å². The number of ether oxygens (including phenoxy) is 1. The molecule has 6 heteroatoms. The zero-order valence-corrected chi connectivity index (χ0v) is 11.1. The van der Waals surface area contributed by atoms with Crippen molar-refractivity contribution in [3.05, 3.63) is 0 Å². The van der Waals surface area contributed by atoms with Crippen LogP contribution in [0.25, 0.3) is 0 Å². The van der Waals surface area contributed by atoms with E-state index in [2.05, 4.69) is 22.6 Å². The molecular weight excluding hydrogens is 232 g/mol. The molecule has 2 heterocycles. The number of amides is 1. The molecule has 0 bridgehead atoms. The van der Waals surface area contributed by atoms with Crippen molar-refractivity contribution in [3.8, 4) is 0 Å². The maximum absolute atomic E-state index is 12.0. The zero-order chi connectivity index (χ0) is 13.0. The Morgan fingerprint density at radius 2 is 2.28 bits per heavy atom. The largest absolute Gasteiger partial charge is 0.375 e. The first-order valence-electron chi connectivity index (χ1n) is 6.68. The van der Waals surface area contributed by atoms with Crippen molar-refractivity contribution in [1.29, 1.82) is 0 Å². The van der Waals surface area contributed by atoms with E-state index in [1.165, 1.54) is 0 Å². The first-order valence-corrected chi connectivity index (χ1v) is 6.68. The highest BCUT2D eigenvalue weighted by atomic mass is 16.5. The number of rotatable bonds is 3. The van der Waals surface area contributed by atoms with Crippen LogP contribution in [0.2, 0.25) is 0 Å². The maximum Gasteiger partial charge on any atom is 0.224 e. The molecule has 6 nitrogen and oxygen atoms in total. The number of hydrogen-bond acceptors (Lipinski definition) is 5. The third kappa shape index (κ3) is 3.91. The molecule has 0 aromatic heterocycles. The van der Waals surface area contributed by atoms with Crippen molar-refractivity contribution in [2.45, 2.75) is 31.0 Å². The molecule has 2 aliphatic heterocycles. The topological polar surface area (TPSA) is 79.6 Å². The minimum atomic E-state index is -0.536. The second-order valence-corrected chi connectivity index (χ2v) is 5.41. The summed E-state index contributed by atoms with van der Waals surface area (Å²) in [5.74, 6) is -0.00393. The molecule has 1 unspecified atom stereocenters. The molecule has 0 aromatic rings. The van der Waals surface area contributed by atoms with E-state index in [4.69, 9.17) is 10.5 Å². The highest BCUT2D eigenvalue weighted by molar-refractivity contribution is 5.77. The van der Waals surface area contributed by atoms with E-state index in [-0.39, 0.29) is 12.0 Å². The Kier molecular flexibility index (Phi) is 4.55. The Hall–Kier alpha value is -0.690. The lowest BCUT2D eigenvalue weighted by Crippen LogP contribution is -2.61. The van der Waals surface area contributed by atoms with E-state index >= 15 is 0 Å². The van der Waals surface area contributed by atoms with E-state index < -0.39 is 5.66 Å². The zero-order valence-electron chi connectivity index (χ0n) is 11.1. The number of carbonyl (C=O) groups is 1. The van der Waals surface area contributed by atoms with Gasteiger partial charge in [-0.3, -0.25) is 4.79 Å². The molecule has 4 N–H and O–H groups in total. The second kappa shape index (κ2) is 5.97. The van der Waals surface area contributed by atoms with Gasteiger partial charge in [0.25, 0.3) is 0 Å². The van der Waals surface area contributed by atoms with Gasteiger partial charge in [-0.1, -0.05) is 0 Å². The van der Waals surface area contributed by atoms with Crippen LogP contribution in [0.4, 0.5) is 0 Å². The summed E-state index contributed by atoms with van der Waals surface area (Å²) in [4.78, 5) is 14.2. The molecule has 2 saturated heterocycles. The Bertz CT molecular complexity index is 284. The lowest BCUT2D eigenvalue weighted by molar-refractivity contribution is -0.127. The summed E-state index contributed by atoms with van der Waals surface area (Å²) in [6, 6.07) is 0. The average molecular weight is 256 g/mol. The average Bonchev–Trinajstić information content (AvgIpc) is 2.34. The van der Waals surface area contributed by atoms with E-state index in [1.54, 1.807) is 0 Å². The fraction of sp³-hybridized carbons (Fsp3) is 0.917. The Labute approximate surface area is 108 Å². The van der Waals surface area contributed by atoms with Crippen LogP contribution >= 0.6 is 0 Å². The highest BCUT2D eigenvalue weighted by Gasteiger charge is 2.31. The minimum Gasteiger partial charge on any atom is -0.375 e. The van der Waals surface area contributed by atoms with Crippen LogP contribution < -0.4 is 16.4 Å². The van der Waals surface area contributed by atoms with Crippen LogP contribution in [0.15, 0.2) is 0 Å². The molecule has 1 amide bonds. The number of carbonyl (C=O) groups excluding carboxylic acids is 1. The number of hydrogen-bond donors (Lipinski definition) is 3. The van der Waals surface area contributed by atoms with Crippen molar-refractivity contribution >= 4 is 5.91 Å². The van der Waals surface area contributed by atoms with Crippen LogP contribution in [0.3, 0.4) is 0 Å². The Balaban J connectivity index is 1.75. The predicted octanol–water partition coefficient (Wildman–Crippen LogP) is -1.14. The Morgan fingerprint density at radius 1 is 1.56 bits per heavy atom. The second-order valence-electron chi connectivity index (χ2n) is 5.41. The molecular formula is C12H24N4O2. The predicted molar refractivity (Wildman–Crippen MR) is 69.0 cm³/mol. The molecule has 2 rings (SSSR count). The number of morpholine rings is 1. The summed E-state index contributed by atoms with van der Waals surface area (Å²) < 4.78 is 5.52. The first kappa shape index (κ1) is 13.7. The number of likely N-dealkylation sites (tertiary alicyclic amines) is 1. The normalized spacial score (nSPS) is 28.9. The smallest absolute Gasteiger partial charge is 0.224 e. The summed E-state index contributed by atoms with van der Waals surface area (Å²) in [5, 5.41) is 6.18. The van der Waals surface area contributed by atoms with Gasteiger partial charge in [-0.05, 0) is 19.9 Å². The molecule has 0 radical (unpaired) electrons. The van der Waals surface area contributed by atoms with E-state index in [0.717, 1.165) is 39.0 Å². The SMILES string of the molecule is CN1CCC(N)(NC(=O)CC2CNCCO2)CC1. The van der Waals surface area contributed by atoms with Gasteiger partial charge < -0.3 is 26.0 Å². The number of nitrogens with two attached hydrogens (primary N) is 1. The summed E-state index contributed by atoms with van der Waals surface area (Å²) in [5.41, 5.74) is 5.68. The van der Waals surface area contributed by atoms with E-state index in [1.807, 2.05) is 0 Å². The highest BCUT2D eigenvalue weighted by Crippen LogP contribution is 2.16. The van der Waals surface area contributed by atoms with Crippen molar-refractivity contribution in [2.24, 2.45) is 5.73 Å². The van der Waals surface area contributed by atoms with Gasteiger partial charge in [0, 0.05) is 26.2 Å². The lowest BCUT2D eigenvalue weighted by atomic mass is 9.98. The molecule has 0 saturated carbocycles. The molecule has 0 aromatic carbocycles. The quantitative estimate of drug-likeness (QED) is 0.556. The van der Waals surface area contributed by atoms with E-state index in [9.17, 15) is 4.79 Å². The van der Waals surface area contributed by atoms with Crippen molar-refractivity contribution in [1.82, 2.24) is 15.5 Å². The summed E-state index contributed by atoms with van der Waals surface area (Å²) in [6.07, 6.45) is 1.98. The molecule has 104 valence electrons. The van der Waals surface area contributed by atoms with Gasteiger partial charge in [-0.15, -0.1) is 0 Å².